The van der Waals surface area contributed by atoms with Gasteiger partial charge < -0.3 is 10.3 Å². The number of nitrogens with zero attached hydrogens (tertiary/aromatic N) is 1. The molecule has 2 rings (SSSR count). The maximum atomic E-state index is 13.7. The van der Waals surface area contributed by atoms with Crippen LogP contribution in [0, 0.1) is 12.7 Å². The van der Waals surface area contributed by atoms with Crippen LogP contribution in [0.3, 0.4) is 0 Å². The predicted molar refractivity (Wildman–Crippen MR) is 65.0 cm³/mol. The van der Waals surface area contributed by atoms with Crippen molar-refractivity contribution in [3.05, 3.63) is 35.3 Å². The Morgan fingerprint density at radius 2 is 2.12 bits per heavy atom. The minimum Gasteiger partial charge on any atom is -0.345 e. The van der Waals surface area contributed by atoms with E-state index in [0.717, 1.165) is 23.1 Å². The first-order chi connectivity index (χ1) is 7.52. The highest BCUT2D eigenvalue weighted by molar-refractivity contribution is 5.86. The smallest absolute Gasteiger partial charge is 0.147 e. The lowest BCUT2D eigenvalue weighted by Gasteiger charge is -2.05. The Balaban J connectivity index is 2.74. The zero-order valence-corrected chi connectivity index (χ0v) is 9.92. The van der Waals surface area contributed by atoms with Gasteiger partial charge >= 0.3 is 0 Å². The van der Waals surface area contributed by atoms with Gasteiger partial charge in [0.2, 0.25) is 0 Å². The molecule has 86 valence electrons. The summed E-state index contributed by atoms with van der Waals surface area (Å²) in [4.78, 5) is 0. The number of hydrogen-bond donors (Lipinski definition) is 1. The number of hydrogen-bond acceptors (Lipinski definition) is 1. The lowest BCUT2D eigenvalue weighted by Crippen LogP contribution is -2.18. The SMILES string of the molecule is Cc1c(CC(C)N)c2cccc(F)c2n1C. The summed E-state index contributed by atoms with van der Waals surface area (Å²) in [6, 6.07) is 5.30. The van der Waals surface area contributed by atoms with E-state index in [-0.39, 0.29) is 11.9 Å². The van der Waals surface area contributed by atoms with Crippen molar-refractivity contribution in [3.63, 3.8) is 0 Å². The Labute approximate surface area is 94.9 Å². The zero-order chi connectivity index (χ0) is 11.9. The molecule has 0 aliphatic carbocycles. The maximum Gasteiger partial charge on any atom is 0.147 e. The Morgan fingerprint density at radius 3 is 2.75 bits per heavy atom. The second-order valence-electron chi connectivity index (χ2n) is 4.44. The molecular formula is C13H17FN2. The van der Waals surface area contributed by atoms with Crippen molar-refractivity contribution < 1.29 is 4.39 Å². The summed E-state index contributed by atoms with van der Waals surface area (Å²) in [5, 5.41) is 0.984. The normalized spacial score (nSPS) is 13.3. The molecule has 1 aromatic carbocycles. The minimum absolute atomic E-state index is 0.0903. The van der Waals surface area contributed by atoms with Gasteiger partial charge in [0.1, 0.15) is 5.82 Å². The van der Waals surface area contributed by atoms with Gasteiger partial charge in [0.05, 0.1) is 5.52 Å². The van der Waals surface area contributed by atoms with Gasteiger partial charge in [-0.15, -0.1) is 0 Å². The number of fused-ring (bicyclic) bond motifs is 1. The van der Waals surface area contributed by atoms with Gasteiger partial charge in [0, 0.05) is 24.2 Å². The van der Waals surface area contributed by atoms with Crippen LogP contribution >= 0.6 is 0 Å². The minimum atomic E-state index is -0.168. The zero-order valence-electron chi connectivity index (χ0n) is 9.92. The molecule has 2 nitrogen and oxygen atoms in total. The van der Waals surface area contributed by atoms with Crippen LogP contribution in [0.15, 0.2) is 18.2 Å². The molecule has 0 saturated heterocycles. The van der Waals surface area contributed by atoms with Crippen molar-refractivity contribution in [3.8, 4) is 0 Å². The van der Waals surface area contributed by atoms with Gasteiger partial charge in [-0.2, -0.15) is 0 Å². The molecule has 3 heteroatoms. The van der Waals surface area contributed by atoms with E-state index in [1.807, 2.05) is 31.5 Å². The van der Waals surface area contributed by atoms with Gasteiger partial charge in [0.25, 0.3) is 0 Å². The van der Waals surface area contributed by atoms with Gasteiger partial charge in [-0.25, -0.2) is 4.39 Å². The number of benzene rings is 1. The van der Waals surface area contributed by atoms with Gasteiger partial charge in [-0.3, -0.25) is 0 Å². The highest BCUT2D eigenvalue weighted by Gasteiger charge is 2.15. The highest BCUT2D eigenvalue weighted by Crippen LogP contribution is 2.27. The lowest BCUT2D eigenvalue weighted by atomic mass is 10.0. The summed E-state index contributed by atoms with van der Waals surface area (Å²) in [5.74, 6) is -0.168. The average Bonchev–Trinajstić information content (AvgIpc) is 2.44. The molecule has 0 bridgehead atoms. The molecule has 1 heterocycles. The second kappa shape index (κ2) is 3.91. The number of aryl methyl sites for hydroxylation is 1. The van der Waals surface area contributed by atoms with Crippen LogP contribution < -0.4 is 5.73 Å². The number of nitrogens with two attached hydrogens (primary N) is 1. The number of rotatable bonds is 2. The summed E-state index contributed by atoms with van der Waals surface area (Å²) >= 11 is 0. The molecule has 16 heavy (non-hydrogen) atoms. The van der Waals surface area contributed by atoms with Crippen molar-refractivity contribution in [1.82, 2.24) is 4.57 Å². The monoisotopic (exact) mass is 220 g/mol. The quantitative estimate of drug-likeness (QED) is 0.828. The highest BCUT2D eigenvalue weighted by atomic mass is 19.1. The standard InChI is InChI=1S/C13H17FN2/c1-8(15)7-11-9(2)16(3)13-10(11)5-4-6-12(13)14/h4-6,8H,7,15H2,1-3H3. The van der Waals surface area contributed by atoms with Crippen LogP contribution in [-0.4, -0.2) is 10.6 Å². The molecule has 1 atom stereocenters. The number of para-hydroxylation sites is 1. The largest absolute Gasteiger partial charge is 0.345 e. The summed E-state index contributed by atoms with van der Waals surface area (Å²) < 4.78 is 15.6. The Morgan fingerprint density at radius 1 is 1.44 bits per heavy atom. The third-order valence-electron chi connectivity index (χ3n) is 3.11. The molecule has 2 N–H and O–H groups in total. The molecule has 0 aliphatic heterocycles. The van der Waals surface area contributed by atoms with Crippen molar-refractivity contribution in [1.29, 1.82) is 0 Å². The van der Waals surface area contributed by atoms with Crippen molar-refractivity contribution >= 4 is 10.9 Å². The average molecular weight is 220 g/mol. The van der Waals surface area contributed by atoms with Gasteiger partial charge in [-0.05, 0) is 31.9 Å². The number of aromatic nitrogens is 1. The molecule has 1 unspecified atom stereocenters. The maximum absolute atomic E-state index is 13.7. The van der Waals surface area contributed by atoms with Crippen LogP contribution in [0.1, 0.15) is 18.2 Å². The van der Waals surface area contributed by atoms with E-state index in [9.17, 15) is 4.39 Å². The second-order valence-corrected chi connectivity index (χ2v) is 4.44. The van der Waals surface area contributed by atoms with E-state index in [2.05, 4.69) is 0 Å². The topological polar surface area (TPSA) is 30.9 Å². The van der Waals surface area contributed by atoms with Crippen molar-refractivity contribution in [2.24, 2.45) is 12.8 Å². The van der Waals surface area contributed by atoms with E-state index in [1.165, 1.54) is 6.07 Å². The summed E-state index contributed by atoms with van der Waals surface area (Å²) in [7, 11) is 1.89. The fourth-order valence-corrected chi connectivity index (χ4v) is 2.24. The Bertz CT molecular complexity index is 526. The number of halogens is 1. The summed E-state index contributed by atoms with van der Waals surface area (Å²) in [6.07, 6.45) is 0.784. The van der Waals surface area contributed by atoms with Gasteiger partial charge in [-0.1, -0.05) is 12.1 Å². The summed E-state index contributed by atoms with van der Waals surface area (Å²) in [5.41, 5.74) is 8.76. The fraction of sp³-hybridized carbons (Fsp3) is 0.385. The molecule has 0 fully saturated rings. The summed E-state index contributed by atoms with van der Waals surface area (Å²) in [6.45, 7) is 3.98. The molecule has 0 aliphatic rings. The van der Waals surface area contributed by atoms with Crippen molar-refractivity contribution in [2.45, 2.75) is 26.3 Å². The van der Waals surface area contributed by atoms with E-state index in [4.69, 9.17) is 5.73 Å². The fourth-order valence-electron chi connectivity index (χ4n) is 2.24. The first kappa shape index (κ1) is 11.1. The lowest BCUT2D eigenvalue weighted by molar-refractivity contribution is 0.631. The molecular weight excluding hydrogens is 203 g/mol. The first-order valence-electron chi connectivity index (χ1n) is 5.50. The molecule has 0 spiro atoms. The predicted octanol–water partition coefficient (Wildman–Crippen LogP) is 2.52. The molecule has 0 radical (unpaired) electrons. The first-order valence-corrected chi connectivity index (χ1v) is 5.50. The van der Waals surface area contributed by atoms with Crippen LogP contribution in [0.2, 0.25) is 0 Å². The van der Waals surface area contributed by atoms with Crippen LogP contribution in [0.4, 0.5) is 4.39 Å². The van der Waals surface area contributed by atoms with E-state index < -0.39 is 0 Å². The Kier molecular flexibility index (Phi) is 2.72. The van der Waals surface area contributed by atoms with E-state index in [0.29, 0.717) is 5.52 Å². The molecule has 0 amide bonds. The van der Waals surface area contributed by atoms with Crippen LogP contribution in [-0.2, 0) is 13.5 Å². The molecule has 1 aromatic heterocycles. The third-order valence-corrected chi connectivity index (χ3v) is 3.11. The van der Waals surface area contributed by atoms with Gasteiger partial charge in [0.15, 0.2) is 0 Å². The molecule has 0 saturated carbocycles. The van der Waals surface area contributed by atoms with E-state index >= 15 is 0 Å². The Hall–Kier alpha value is -1.35. The van der Waals surface area contributed by atoms with Crippen LogP contribution in [0.5, 0.6) is 0 Å². The molecule has 2 aromatic rings. The van der Waals surface area contributed by atoms with Crippen LogP contribution in [0.25, 0.3) is 10.9 Å². The van der Waals surface area contributed by atoms with E-state index in [1.54, 1.807) is 6.07 Å². The van der Waals surface area contributed by atoms with Crippen molar-refractivity contribution in [2.75, 3.05) is 0 Å². The third kappa shape index (κ3) is 1.61.